The number of carbonyl (C=O) groups excluding carboxylic acids is 7. The molecule has 27 nitrogen and oxygen atoms in total. The van der Waals surface area contributed by atoms with Gasteiger partial charge in [-0.1, -0.05) is 40.7 Å². The molecule has 16 N–H and O–H groups in total. The number of aryl methyl sites for hydroxylation is 2. The van der Waals surface area contributed by atoms with Gasteiger partial charge in [0.25, 0.3) is 0 Å². The van der Waals surface area contributed by atoms with Crippen molar-refractivity contribution in [1.29, 1.82) is 0 Å². The van der Waals surface area contributed by atoms with Gasteiger partial charge in [0, 0.05) is 108 Å². The van der Waals surface area contributed by atoms with Crippen LogP contribution in [0, 0.1) is 66.6 Å². The van der Waals surface area contributed by atoms with Crippen LogP contribution in [0.2, 0.25) is 0 Å². The third-order valence-corrected chi connectivity index (χ3v) is 21.6. The number of nitrogens with one attached hydrogen (secondary N) is 1. The molecule has 6 aliphatic rings. The van der Waals surface area contributed by atoms with Gasteiger partial charge in [-0.05, 0) is 119 Å². The van der Waals surface area contributed by atoms with Crippen LogP contribution in [0.1, 0.15) is 150 Å². The first-order chi connectivity index (χ1) is 41.8. The van der Waals surface area contributed by atoms with Gasteiger partial charge < -0.3 is 76.9 Å². The van der Waals surface area contributed by atoms with Crippen LogP contribution in [0.3, 0.4) is 0 Å². The van der Waals surface area contributed by atoms with E-state index in [9.17, 15) is 53.2 Å². The monoisotopic (exact) mass is 1340 g/mol. The Labute approximate surface area is 547 Å². The quantitative estimate of drug-likeness (QED) is 0.0461. The summed E-state index contributed by atoms with van der Waals surface area (Å²) in [6.45, 7) is 19.1. The Balaban J connectivity index is 0.00000672. The van der Waals surface area contributed by atoms with E-state index in [1.165, 1.54) is 13.3 Å². The number of ether oxygens (including phenoxy) is 1. The fraction of sp³-hybridized carbons (Fsp3) is 0.619. The molecule has 1 aromatic carbocycles. The first kappa shape index (κ1) is 74.5. The molecule has 8 rings (SSSR count). The molecule has 6 aliphatic heterocycles. The maximum atomic E-state index is 14.4. The van der Waals surface area contributed by atoms with Crippen LogP contribution in [-0.4, -0.2) is 132 Å². The second kappa shape index (κ2) is 27.8. The zero-order valence-corrected chi connectivity index (χ0v) is 56.5. The summed E-state index contributed by atoms with van der Waals surface area (Å²) in [5.41, 5.74) is 36.8. The van der Waals surface area contributed by atoms with Gasteiger partial charge in [-0.2, -0.15) is 5.70 Å². The van der Waals surface area contributed by atoms with Gasteiger partial charge in [0.15, 0.2) is 6.23 Å². The number of aliphatic hydroxyl groups is 2. The van der Waals surface area contributed by atoms with Crippen molar-refractivity contribution in [3.63, 3.8) is 0 Å². The molecule has 2 saturated heterocycles. The van der Waals surface area contributed by atoms with E-state index in [4.69, 9.17) is 68.5 Å². The zero-order valence-electron chi connectivity index (χ0n) is 54.5. The van der Waals surface area contributed by atoms with E-state index in [0.717, 1.165) is 11.1 Å². The van der Waals surface area contributed by atoms with Crippen molar-refractivity contribution in [2.75, 3.05) is 13.2 Å². The standard InChI is InChI=1S/C62H90N13O14P.CH3.Co/c1-29-20-39-40(21-30(29)2)75(28-70-39)57-52(84)53(41(27-76)87-57)89-90(85,86)88-31(3)26-69-49(83)18-19-59(8)37(22-46(66)80)56-62(11)61(10,25-48(68)82)36(14-17-45(65)79)51(74-62)33(5)55-60(9,24-47(67)81)34(12-15-43(63)77)38(71-55)23-42-58(6,7)35(13-16-44(64)78)50(72-42)32(4)54(59)73-56;;/h20-21,23,28,31,34-37,41,52-53,56-57,76,84H,12-19,22,24-27H2,1-11H3,(H15,63,64,65,66,67,68,69,71,72,73,74,77,78,79,80,81,82,83,85,86);1H3;/q;-1;+2/p-1. The van der Waals surface area contributed by atoms with Crippen LogP contribution >= 0.6 is 7.82 Å². The fourth-order valence-electron chi connectivity index (χ4n) is 15.3. The maximum absolute atomic E-state index is 14.4. The summed E-state index contributed by atoms with van der Waals surface area (Å²) in [6, 6.07) is 2.68. The molecular weight excluding hydrogens is 1250 g/mol. The Kier molecular flexibility index (Phi) is 22.6. The van der Waals surface area contributed by atoms with Crippen molar-refractivity contribution in [2.24, 2.45) is 94.7 Å². The van der Waals surface area contributed by atoms with Crippen molar-refractivity contribution in [2.45, 2.75) is 189 Å². The molecule has 7 heterocycles. The molecule has 15 unspecified atom stereocenters. The number of amides is 7. The molecular formula is C63H92CoN13O14P. The van der Waals surface area contributed by atoms with E-state index in [-0.39, 0.29) is 101 Å². The number of allylic oxidation sites excluding steroid dienone is 6. The van der Waals surface area contributed by atoms with E-state index in [1.807, 2.05) is 80.5 Å². The van der Waals surface area contributed by atoms with Crippen molar-refractivity contribution in [1.82, 2.24) is 14.9 Å². The first-order valence-electron chi connectivity index (χ1n) is 30.5. The minimum atomic E-state index is -5.07. The number of hydrogen-bond donors (Lipinski definition) is 10. The number of phosphoric ester groups is 1. The molecule has 92 heavy (non-hydrogen) atoms. The number of rotatable bonds is 26. The Morgan fingerprint density at radius 1 is 0.783 bits per heavy atom. The summed E-state index contributed by atoms with van der Waals surface area (Å²) in [7, 11) is -5.07. The summed E-state index contributed by atoms with van der Waals surface area (Å²) in [4.78, 5) is 125. The summed E-state index contributed by atoms with van der Waals surface area (Å²) < 4.78 is 32.3. The third kappa shape index (κ3) is 14.1. The van der Waals surface area contributed by atoms with Crippen LogP contribution in [0.15, 0.2) is 67.8 Å². The molecule has 29 heteroatoms. The number of benzene rings is 1. The van der Waals surface area contributed by atoms with Gasteiger partial charge in [0.05, 0.1) is 41.3 Å². The predicted octanol–water partition coefficient (Wildman–Crippen LogP) is 4.40. The van der Waals surface area contributed by atoms with Crippen molar-refractivity contribution < 1.29 is 83.8 Å². The molecule has 7 amide bonds. The van der Waals surface area contributed by atoms with Crippen LogP contribution in [0.5, 0.6) is 0 Å². The molecule has 2 aromatic rings. The minimum absolute atomic E-state index is 0. The SMILES string of the molecule is CC1=C2N=C(C=C3N=C(C(C)=C4[N-]C(C(CC(N)=O)C4(C)CCC(=O)NCC(C)OP(=O)(O)OC4C(CO)OC(n5cnc6cc(C)c(C)cc65)C4O)C4(C)N=C1C(CCC(N)=O)C4(C)CC(N)=O)C(CCC(N)=O)C3(C)C)C(CCC(N)=O)C2(C)CC(N)=O.[CH3-].[Co+2]. The molecule has 15 atom stereocenters. The van der Waals surface area contributed by atoms with Gasteiger partial charge in [-0.25, -0.2) is 9.55 Å². The van der Waals surface area contributed by atoms with Crippen LogP contribution < -0.4 is 39.7 Å². The molecule has 507 valence electrons. The number of nitrogens with two attached hydrogens (primary N) is 6. The van der Waals surface area contributed by atoms with Gasteiger partial charge in [0.1, 0.15) is 18.3 Å². The molecule has 1 aromatic heterocycles. The van der Waals surface area contributed by atoms with E-state index in [1.54, 1.807) is 11.5 Å². The number of aliphatic imine (C=N–C) groups is 3. The number of hydrogen-bond acceptors (Lipinski definition) is 17. The van der Waals surface area contributed by atoms with E-state index in [0.29, 0.717) is 56.4 Å². The number of fused-ring (bicyclic) bond motifs is 7. The molecule has 0 spiro atoms. The fourth-order valence-corrected chi connectivity index (χ4v) is 16.5. The Morgan fingerprint density at radius 3 is 1.95 bits per heavy atom. The predicted molar refractivity (Wildman–Crippen MR) is 340 cm³/mol. The summed E-state index contributed by atoms with van der Waals surface area (Å²) >= 11 is 0. The molecule has 0 saturated carbocycles. The molecule has 8 bridgehead atoms. The maximum Gasteiger partial charge on any atom is 2.00 e. The number of aromatic nitrogens is 2. The largest absolute Gasteiger partial charge is 2.00 e. The molecule has 1 radical (unpaired) electrons. The van der Waals surface area contributed by atoms with Gasteiger partial charge >= 0.3 is 24.6 Å². The summed E-state index contributed by atoms with van der Waals surface area (Å²) in [5, 5.41) is 30.2. The average Bonchev–Trinajstić information content (AvgIpc) is 1.53. The first-order valence-corrected chi connectivity index (χ1v) is 32.0. The average molecular weight is 1350 g/mol. The Morgan fingerprint density at radius 2 is 1.37 bits per heavy atom. The number of primary amides is 6. The minimum Gasteiger partial charge on any atom is -0.682 e. The van der Waals surface area contributed by atoms with Gasteiger partial charge in [-0.15, -0.1) is 0 Å². The van der Waals surface area contributed by atoms with Gasteiger partial charge in [0.2, 0.25) is 41.4 Å². The van der Waals surface area contributed by atoms with Crippen LogP contribution in [-0.2, 0) is 68.7 Å². The number of aliphatic hydroxyl groups excluding tert-OH is 2. The van der Waals surface area contributed by atoms with Gasteiger partial charge in [-0.3, -0.25) is 57.6 Å². The van der Waals surface area contributed by atoms with E-state index >= 15 is 0 Å². The smallest absolute Gasteiger partial charge is 0.682 e. The van der Waals surface area contributed by atoms with Crippen molar-refractivity contribution in [3.8, 4) is 0 Å². The van der Waals surface area contributed by atoms with E-state index in [2.05, 4.69) is 10.3 Å². The van der Waals surface area contributed by atoms with Crippen LogP contribution in [0.25, 0.3) is 16.4 Å². The number of carbonyl (C=O) groups is 7. The Hall–Kier alpha value is -6.49. The zero-order chi connectivity index (χ0) is 66.7. The normalized spacial score (nSPS) is 31.3. The summed E-state index contributed by atoms with van der Waals surface area (Å²) in [6.07, 6.45) is -4.47. The van der Waals surface area contributed by atoms with Crippen molar-refractivity contribution >= 4 is 77.3 Å². The number of imidazole rings is 1. The van der Waals surface area contributed by atoms with Crippen LogP contribution in [0.4, 0.5) is 0 Å². The second-order valence-electron chi connectivity index (χ2n) is 27.0. The second-order valence-corrected chi connectivity index (χ2v) is 28.4. The van der Waals surface area contributed by atoms with E-state index < -0.39 is 143 Å². The molecule has 2 fully saturated rings. The third-order valence-electron chi connectivity index (χ3n) is 20.5. The topological polar surface area (TPSA) is 462 Å². The number of nitrogens with zero attached hydrogens (tertiary/aromatic N) is 6. The number of phosphoric acid groups is 1. The van der Waals surface area contributed by atoms with Crippen molar-refractivity contribution in [3.05, 3.63) is 76.6 Å². The Bertz CT molecular complexity index is 3540. The molecule has 0 aliphatic carbocycles. The summed E-state index contributed by atoms with van der Waals surface area (Å²) in [5.74, 6) is -7.34.